The first kappa shape index (κ1) is 15.8. The molecule has 0 saturated carbocycles. The molecule has 0 heterocycles. The summed E-state index contributed by atoms with van der Waals surface area (Å²) in [5, 5.41) is 0. The zero-order valence-electron chi connectivity index (χ0n) is 13.1. The molecule has 0 radical (unpaired) electrons. The van der Waals surface area contributed by atoms with E-state index in [0.717, 1.165) is 11.3 Å². The first-order valence-electron chi connectivity index (χ1n) is 7.71. The average Bonchev–Trinajstić information content (AvgIpc) is 2.64. The molecule has 3 aromatic carbocycles. The molecule has 120 valence electrons. The van der Waals surface area contributed by atoms with Crippen LogP contribution in [-0.2, 0) is 6.54 Å². The Balaban J connectivity index is 1.57. The molecule has 24 heavy (non-hydrogen) atoms. The Morgan fingerprint density at radius 3 is 2.29 bits per heavy atom. The highest BCUT2D eigenvalue weighted by atomic mass is 16.5. The van der Waals surface area contributed by atoms with Gasteiger partial charge in [-0.2, -0.15) is 0 Å². The lowest BCUT2D eigenvalue weighted by Crippen LogP contribution is -2.20. The van der Waals surface area contributed by atoms with Gasteiger partial charge in [-0.1, -0.05) is 48.5 Å². The summed E-state index contributed by atoms with van der Waals surface area (Å²) in [6, 6.07) is 26.3. The minimum absolute atomic E-state index is 0.358. The van der Waals surface area contributed by atoms with Gasteiger partial charge >= 0.3 is 5.97 Å². The number of hydrogen-bond acceptors (Lipinski definition) is 4. The van der Waals surface area contributed by atoms with E-state index in [-0.39, 0.29) is 5.97 Å². The minimum Gasteiger partial charge on any atom is -0.423 e. The van der Waals surface area contributed by atoms with E-state index in [9.17, 15) is 4.79 Å². The smallest absolute Gasteiger partial charge is 0.343 e. The second-order valence-electron chi connectivity index (χ2n) is 5.25. The van der Waals surface area contributed by atoms with E-state index in [1.54, 1.807) is 18.2 Å². The second-order valence-corrected chi connectivity index (χ2v) is 5.25. The topological polar surface area (TPSA) is 50.4 Å². The highest BCUT2D eigenvalue weighted by Gasteiger charge is 2.07. The first-order valence-corrected chi connectivity index (χ1v) is 7.71. The van der Waals surface area contributed by atoms with Gasteiger partial charge in [0.1, 0.15) is 5.75 Å². The SMILES string of the molecule is O=C(Oc1cccc(CNNc2ccccc2)c1)c1ccccc1. The third-order valence-corrected chi connectivity index (χ3v) is 3.42. The molecule has 3 rings (SSSR count). The summed E-state index contributed by atoms with van der Waals surface area (Å²) in [4.78, 5) is 12.1. The number of rotatable bonds is 6. The Morgan fingerprint density at radius 2 is 1.54 bits per heavy atom. The van der Waals surface area contributed by atoms with Crippen LogP contribution in [0.2, 0.25) is 0 Å². The maximum Gasteiger partial charge on any atom is 0.343 e. The molecule has 0 amide bonds. The Morgan fingerprint density at radius 1 is 0.833 bits per heavy atom. The van der Waals surface area contributed by atoms with E-state index >= 15 is 0 Å². The Kier molecular flexibility index (Phi) is 5.22. The number of esters is 1. The fourth-order valence-corrected chi connectivity index (χ4v) is 2.23. The van der Waals surface area contributed by atoms with Gasteiger partial charge in [0.25, 0.3) is 0 Å². The van der Waals surface area contributed by atoms with Crippen molar-refractivity contribution in [1.29, 1.82) is 0 Å². The number of para-hydroxylation sites is 1. The van der Waals surface area contributed by atoms with E-state index in [4.69, 9.17) is 4.74 Å². The molecule has 0 aromatic heterocycles. The van der Waals surface area contributed by atoms with Gasteiger partial charge < -0.3 is 10.2 Å². The van der Waals surface area contributed by atoms with Gasteiger partial charge in [-0.05, 0) is 42.0 Å². The highest BCUT2D eigenvalue weighted by molar-refractivity contribution is 5.90. The van der Waals surface area contributed by atoms with Crippen LogP contribution in [0, 0.1) is 0 Å². The van der Waals surface area contributed by atoms with Gasteiger partial charge in [-0.3, -0.25) is 0 Å². The zero-order valence-corrected chi connectivity index (χ0v) is 13.1. The molecule has 0 saturated heterocycles. The van der Waals surface area contributed by atoms with Crippen molar-refractivity contribution in [1.82, 2.24) is 5.43 Å². The minimum atomic E-state index is -0.358. The number of nitrogens with one attached hydrogen (secondary N) is 2. The normalized spacial score (nSPS) is 10.2. The molecule has 2 N–H and O–H groups in total. The molecule has 0 fully saturated rings. The van der Waals surface area contributed by atoms with Crippen molar-refractivity contribution in [2.75, 3.05) is 5.43 Å². The second kappa shape index (κ2) is 7.94. The molecule has 0 spiro atoms. The molecule has 3 aromatic rings. The number of benzene rings is 3. The molecular weight excluding hydrogens is 300 g/mol. The molecular formula is C20H18N2O2. The van der Waals surface area contributed by atoms with E-state index in [1.165, 1.54) is 0 Å². The van der Waals surface area contributed by atoms with E-state index in [1.807, 2.05) is 66.7 Å². The van der Waals surface area contributed by atoms with Crippen LogP contribution in [0.1, 0.15) is 15.9 Å². The predicted molar refractivity (Wildman–Crippen MR) is 94.7 cm³/mol. The van der Waals surface area contributed by atoms with E-state index < -0.39 is 0 Å². The first-order chi connectivity index (χ1) is 11.8. The summed E-state index contributed by atoms with van der Waals surface area (Å²) < 4.78 is 5.42. The van der Waals surface area contributed by atoms with Crippen LogP contribution in [-0.4, -0.2) is 5.97 Å². The Labute approximate surface area is 141 Å². The lowest BCUT2D eigenvalue weighted by Gasteiger charge is -2.10. The number of hydrazine groups is 1. The molecule has 0 unspecified atom stereocenters. The van der Waals surface area contributed by atoms with Gasteiger partial charge in [0.15, 0.2) is 0 Å². The van der Waals surface area contributed by atoms with Gasteiger partial charge in [0.05, 0.1) is 5.56 Å². The maximum absolute atomic E-state index is 12.1. The van der Waals surface area contributed by atoms with Crippen LogP contribution in [0.3, 0.4) is 0 Å². The molecule has 4 nitrogen and oxygen atoms in total. The van der Waals surface area contributed by atoms with Crippen LogP contribution < -0.4 is 15.6 Å². The molecule has 4 heteroatoms. The average molecular weight is 318 g/mol. The maximum atomic E-state index is 12.1. The summed E-state index contributed by atoms with van der Waals surface area (Å²) in [6.07, 6.45) is 0. The third kappa shape index (κ3) is 4.44. The largest absolute Gasteiger partial charge is 0.423 e. The van der Waals surface area contributed by atoms with Crippen molar-refractivity contribution in [3.63, 3.8) is 0 Å². The van der Waals surface area contributed by atoms with E-state index in [0.29, 0.717) is 17.9 Å². The molecule has 0 aliphatic heterocycles. The van der Waals surface area contributed by atoms with Crippen molar-refractivity contribution in [3.8, 4) is 5.75 Å². The number of anilines is 1. The van der Waals surface area contributed by atoms with Crippen molar-refractivity contribution in [3.05, 3.63) is 96.1 Å². The Hall–Kier alpha value is -3.11. The molecule has 0 bridgehead atoms. The van der Waals surface area contributed by atoms with Crippen molar-refractivity contribution >= 4 is 11.7 Å². The summed E-state index contributed by atoms with van der Waals surface area (Å²) in [6.45, 7) is 0.603. The Bertz CT molecular complexity index is 789. The standard InChI is InChI=1S/C20H18N2O2/c23-20(17-9-3-1-4-10-17)24-19-13-7-8-16(14-19)15-21-22-18-11-5-2-6-12-18/h1-14,21-22H,15H2. The lowest BCUT2D eigenvalue weighted by atomic mass is 10.2. The number of hydrogen-bond donors (Lipinski definition) is 2. The lowest BCUT2D eigenvalue weighted by molar-refractivity contribution is 0.0734. The van der Waals surface area contributed by atoms with Crippen molar-refractivity contribution in [2.45, 2.75) is 6.54 Å². The van der Waals surface area contributed by atoms with Crippen LogP contribution in [0.5, 0.6) is 5.75 Å². The molecule has 0 aliphatic rings. The van der Waals surface area contributed by atoms with E-state index in [2.05, 4.69) is 10.9 Å². The molecule has 0 atom stereocenters. The summed E-state index contributed by atoms with van der Waals surface area (Å²) in [5.41, 5.74) is 8.80. The van der Waals surface area contributed by atoms with Crippen LogP contribution in [0.25, 0.3) is 0 Å². The van der Waals surface area contributed by atoms with Gasteiger partial charge in [-0.25, -0.2) is 10.2 Å². The van der Waals surface area contributed by atoms with Gasteiger partial charge in [0.2, 0.25) is 0 Å². The van der Waals surface area contributed by atoms with Crippen molar-refractivity contribution < 1.29 is 9.53 Å². The fraction of sp³-hybridized carbons (Fsp3) is 0.0500. The molecule has 0 aliphatic carbocycles. The summed E-state index contributed by atoms with van der Waals surface area (Å²) in [7, 11) is 0. The predicted octanol–water partition coefficient (Wildman–Crippen LogP) is 4.02. The number of carbonyl (C=O) groups is 1. The zero-order chi connectivity index (χ0) is 16.6. The third-order valence-electron chi connectivity index (χ3n) is 3.42. The van der Waals surface area contributed by atoms with Crippen LogP contribution in [0.4, 0.5) is 5.69 Å². The monoisotopic (exact) mass is 318 g/mol. The van der Waals surface area contributed by atoms with Gasteiger partial charge in [-0.15, -0.1) is 0 Å². The number of carbonyl (C=O) groups excluding carboxylic acids is 1. The summed E-state index contributed by atoms with van der Waals surface area (Å²) >= 11 is 0. The summed E-state index contributed by atoms with van der Waals surface area (Å²) in [5.74, 6) is 0.172. The van der Waals surface area contributed by atoms with Crippen LogP contribution in [0.15, 0.2) is 84.9 Å². The highest BCUT2D eigenvalue weighted by Crippen LogP contribution is 2.15. The van der Waals surface area contributed by atoms with Gasteiger partial charge in [0, 0.05) is 12.2 Å². The fourth-order valence-electron chi connectivity index (χ4n) is 2.23. The van der Waals surface area contributed by atoms with Crippen molar-refractivity contribution in [2.24, 2.45) is 0 Å². The van der Waals surface area contributed by atoms with Crippen LogP contribution >= 0.6 is 0 Å². The number of ether oxygens (including phenoxy) is 1. The quantitative estimate of drug-likeness (QED) is 0.409.